The Morgan fingerprint density at radius 3 is 2.62 bits per heavy atom. The third kappa shape index (κ3) is 3.46. The van der Waals surface area contributed by atoms with Crippen LogP contribution in [0.3, 0.4) is 0 Å². The summed E-state index contributed by atoms with van der Waals surface area (Å²) in [5, 5.41) is 9.69. The van der Waals surface area contributed by atoms with Gasteiger partial charge in [-0.25, -0.2) is 4.98 Å². The number of rotatable bonds is 5. The molecule has 2 N–H and O–H groups in total. The van der Waals surface area contributed by atoms with E-state index in [1.807, 2.05) is 0 Å². The zero-order valence-corrected chi connectivity index (χ0v) is 14.4. The summed E-state index contributed by atoms with van der Waals surface area (Å²) in [5.41, 5.74) is 1.36. The Kier molecular flexibility index (Phi) is 4.78. The van der Waals surface area contributed by atoms with Gasteiger partial charge >= 0.3 is 0 Å². The van der Waals surface area contributed by atoms with Crippen LogP contribution in [-0.4, -0.2) is 38.2 Å². The second-order valence-corrected chi connectivity index (χ2v) is 5.70. The minimum atomic E-state index is -0.240. The number of hydrogen-bond acceptors (Lipinski definition) is 5. The van der Waals surface area contributed by atoms with Crippen LogP contribution >= 0.6 is 0 Å². The van der Waals surface area contributed by atoms with Gasteiger partial charge in [0.1, 0.15) is 5.39 Å². The van der Waals surface area contributed by atoms with Crippen molar-refractivity contribution in [2.45, 2.75) is 13.0 Å². The van der Waals surface area contributed by atoms with Crippen molar-refractivity contribution in [1.82, 2.24) is 24.6 Å². The van der Waals surface area contributed by atoms with Crippen LogP contribution in [0.4, 0.5) is 5.69 Å². The molecule has 2 amide bonds. The molecular weight excluding hydrogens is 336 g/mol. The van der Waals surface area contributed by atoms with Crippen LogP contribution in [0, 0.1) is 0 Å². The van der Waals surface area contributed by atoms with Crippen molar-refractivity contribution in [1.29, 1.82) is 0 Å². The number of fused-ring (bicyclic) bond motifs is 1. The van der Waals surface area contributed by atoms with Crippen molar-refractivity contribution in [3.63, 3.8) is 0 Å². The molecule has 0 fully saturated rings. The Morgan fingerprint density at radius 1 is 1.19 bits per heavy atom. The number of hydrogen-bond donors (Lipinski definition) is 2. The number of carbonyl (C=O) groups is 2. The highest BCUT2D eigenvalue weighted by Gasteiger charge is 2.10. The third-order valence-corrected chi connectivity index (χ3v) is 3.96. The fourth-order valence-electron chi connectivity index (χ4n) is 2.52. The lowest BCUT2D eigenvalue weighted by Gasteiger charge is -2.08. The predicted octanol–water partition coefficient (Wildman–Crippen LogP) is 0.518. The molecule has 0 saturated heterocycles. The molecule has 0 unspecified atom stereocenters. The highest BCUT2D eigenvalue weighted by Crippen LogP contribution is 2.10. The molecule has 0 atom stereocenters. The summed E-state index contributed by atoms with van der Waals surface area (Å²) in [6.45, 7) is 0.207. The number of nitrogens with zero attached hydrogens (tertiary/aromatic N) is 4. The lowest BCUT2D eigenvalue weighted by atomic mass is 10.2. The van der Waals surface area contributed by atoms with Gasteiger partial charge < -0.3 is 10.6 Å². The number of amides is 2. The first-order valence-electron chi connectivity index (χ1n) is 7.98. The SMILES string of the molecule is CNC(=O)c1ccc(NC(=O)CCn2cnc3c(cnn3C)c2=O)cc1. The van der Waals surface area contributed by atoms with E-state index in [4.69, 9.17) is 0 Å². The van der Waals surface area contributed by atoms with Crippen LogP contribution in [0.1, 0.15) is 16.8 Å². The van der Waals surface area contributed by atoms with E-state index in [-0.39, 0.29) is 30.3 Å². The number of anilines is 1. The molecule has 0 aliphatic carbocycles. The summed E-state index contributed by atoms with van der Waals surface area (Å²) in [6.07, 6.45) is 3.00. The average Bonchev–Trinajstić information content (AvgIpc) is 3.03. The molecule has 0 spiro atoms. The van der Waals surface area contributed by atoms with Gasteiger partial charge in [0.2, 0.25) is 5.91 Å². The van der Waals surface area contributed by atoms with Gasteiger partial charge in [-0.2, -0.15) is 5.10 Å². The standard InChI is InChI=1S/C17H18N6O3/c1-18-16(25)11-3-5-12(6-4-11)21-14(24)7-8-23-10-19-15-13(17(23)26)9-20-22(15)2/h3-6,9-10H,7-8H2,1-2H3,(H,18,25)(H,21,24). The molecule has 9 nitrogen and oxygen atoms in total. The monoisotopic (exact) mass is 354 g/mol. The van der Waals surface area contributed by atoms with E-state index in [0.717, 1.165) is 0 Å². The van der Waals surface area contributed by atoms with Crippen molar-refractivity contribution in [2.75, 3.05) is 12.4 Å². The summed E-state index contributed by atoms with van der Waals surface area (Å²) in [7, 11) is 3.26. The van der Waals surface area contributed by atoms with Crippen molar-refractivity contribution in [3.05, 3.63) is 52.7 Å². The molecule has 1 aromatic carbocycles. The fraction of sp³-hybridized carbons (Fsp3) is 0.235. The van der Waals surface area contributed by atoms with Gasteiger partial charge in [-0.3, -0.25) is 23.6 Å². The van der Waals surface area contributed by atoms with Gasteiger partial charge in [0.15, 0.2) is 5.65 Å². The first-order chi connectivity index (χ1) is 12.5. The number of nitrogens with one attached hydrogen (secondary N) is 2. The minimum Gasteiger partial charge on any atom is -0.355 e. The molecule has 26 heavy (non-hydrogen) atoms. The Labute approximate surface area is 148 Å². The van der Waals surface area contributed by atoms with Crippen LogP contribution in [0.15, 0.2) is 41.6 Å². The van der Waals surface area contributed by atoms with Gasteiger partial charge in [-0.1, -0.05) is 0 Å². The fourth-order valence-corrected chi connectivity index (χ4v) is 2.52. The molecule has 2 aromatic heterocycles. The summed E-state index contributed by atoms with van der Waals surface area (Å²) in [5.74, 6) is -0.434. The van der Waals surface area contributed by atoms with Crippen LogP contribution < -0.4 is 16.2 Å². The largest absolute Gasteiger partial charge is 0.355 e. The lowest BCUT2D eigenvalue weighted by Crippen LogP contribution is -2.23. The highest BCUT2D eigenvalue weighted by molar-refractivity contribution is 5.95. The average molecular weight is 354 g/mol. The summed E-state index contributed by atoms with van der Waals surface area (Å²) < 4.78 is 2.91. The van der Waals surface area contributed by atoms with Crippen LogP contribution in [0.25, 0.3) is 11.0 Å². The van der Waals surface area contributed by atoms with Gasteiger partial charge in [0, 0.05) is 38.3 Å². The molecule has 3 aromatic rings. The second-order valence-electron chi connectivity index (χ2n) is 5.70. The maximum absolute atomic E-state index is 12.3. The third-order valence-electron chi connectivity index (χ3n) is 3.96. The highest BCUT2D eigenvalue weighted by atomic mass is 16.2. The van der Waals surface area contributed by atoms with Crippen molar-refractivity contribution < 1.29 is 9.59 Å². The van der Waals surface area contributed by atoms with Crippen molar-refractivity contribution >= 4 is 28.5 Å². The Balaban J connectivity index is 1.63. The van der Waals surface area contributed by atoms with Gasteiger partial charge in [0.05, 0.1) is 12.5 Å². The zero-order valence-electron chi connectivity index (χ0n) is 14.4. The molecule has 0 radical (unpaired) electrons. The van der Waals surface area contributed by atoms with Gasteiger partial charge in [0.25, 0.3) is 11.5 Å². The maximum Gasteiger partial charge on any atom is 0.264 e. The molecule has 0 saturated carbocycles. The van der Waals surface area contributed by atoms with Crippen molar-refractivity contribution in [3.8, 4) is 0 Å². The van der Waals surface area contributed by atoms with Gasteiger partial charge in [-0.05, 0) is 24.3 Å². The van der Waals surface area contributed by atoms with E-state index < -0.39 is 0 Å². The smallest absolute Gasteiger partial charge is 0.264 e. The first kappa shape index (κ1) is 17.3. The number of carbonyl (C=O) groups excluding carboxylic acids is 2. The van der Waals surface area contributed by atoms with E-state index >= 15 is 0 Å². The lowest BCUT2D eigenvalue weighted by molar-refractivity contribution is -0.116. The van der Waals surface area contributed by atoms with Crippen LogP contribution in [0.2, 0.25) is 0 Å². The number of aryl methyl sites for hydroxylation is 2. The van der Waals surface area contributed by atoms with E-state index in [2.05, 4.69) is 20.7 Å². The molecule has 0 aliphatic heterocycles. The topological polar surface area (TPSA) is 111 Å². The molecule has 134 valence electrons. The summed E-state index contributed by atoms with van der Waals surface area (Å²) in [4.78, 5) is 40.1. The van der Waals surface area contributed by atoms with Gasteiger partial charge in [-0.15, -0.1) is 0 Å². The molecule has 2 heterocycles. The van der Waals surface area contributed by atoms with E-state index in [9.17, 15) is 14.4 Å². The minimum absolute atomic E-state index is 0.116. The predicted molar refractivity (Wildman–Crippen MR) is 95.8 cm³/mol. The van der Waals surface area contributed by atoms with E-state index in [1.165, 1.54) is 21.8 Å². The Morgan fingerprint density at radius 2 is 1.92 bits per heavy atom. The van der Waals surface area contributed by atoms with Crippen molar-refractivity contribution in [2.24, 2.45) is 7.05 Å². The second kappa shape index (κ2) is 7.18. The molecule has 3 rings (SSSR count). The normalized spacial score (nSPS) is 10.7. The molecule has 9 heteroatoms. The maximum atomic E-state index is 12.3. The zero-order chi connectivity index (χ0) is 18.7. The number of benzene rings is 1. The van der Waals surface area contributed by atoms with E-state index in [1.54, 1.807) is 38.4 Å². The quantitative estimate of drug-likeness (QED) is 0.694. The van der Waals surface area contributed by atoms with Crippen LogP contribution in [0.5, 0.6) is 0 Å². The summed E-state index contributed by atoms with van der Waals surface area (Å²) in [6, 6.07) is 6.55. The Hall–Kier alpha value is -3.49. The summed E-state index contributed by atoms with van der Waals surface area (Å²) >= 11 is 0. The molecule has 0 aliphatic rings. The first-order valence-corrected chi connectivity index (χ1v) is 7.98. The molecule has 0 bridgehead atoms. The Bertz CT molecular complexity index is 1020. The van der Waals surface area contributed by atoms with Crippen LogP contribution in [-0.2, 0) is 18.4 Å². The number of aromatic nitrogens is 4. The van der Waals surface area contributed by atoms with E-state index in [0.29, 0.717) is 22.3 Å². The molecular formula is C17H18N6O3.